The zero-order valence-electron chi connectivity index (χ0n) is 10.6. The topological polar surface area (TPSA) is 74.3 Å². The summed E-state index contributed by atoms with van der Waals surface area (Å²) in [5.74, 6) is 0.529. The lowest BCUT2D eigenvalue weighted by molar-refractivity contribution is 0.406. The minimum absolute atomic E-state index is 0.0235. The third-order valence-corrected chi connectivity index (χ3v) is 4.99. The molecule has 0 radical (unpaired) electrons. The van der Waals surface area contributed by atoms with E-state index in [9.17, 15) is 8.42 Å². The molecule has 104 valence electrons. The van der Waals surface area contributed by atoms with Gasteiger partial charge in [-0.1, -0.05) is 11.6 Å². The van der Waals surface area contributed by atoms with Crippen LogP contribution in [0.2, 0.25) is 5.02 Å². The second-order valence-electron chi connectivity index (χ2n) is 4.10. The number of benzene rings is 1. The number of nitriles is 1. The van der Waals surface area contributed by atoms with E-state index >= 15 is 0 Å². The summed E-state index contributed by atoms with van der Waals surface area (Å²) in [5.41, 5.74) is 0.308. The molecule has 0 saturated carbocycles. The highest BCUT2D eigenvalue weighted by Gasteiger charge is 2.24. The Morgan fingerprint density at radius 2 is 2.15 bits per heavy atom. The normalized spacial score (nSPS) is 11.5. The van der Waals surface area contributed by atoms with Gasteiger partial charge in [-0.2, -0.15) is 9.57 Å². The van der Waals surface area contributed by atoms with Gasteiger partial charge < -0.3 is 4.42 Å². The molecule has 0 N–H and O–H groups in total. The first kappa shape index (κ1) is 14.6. The highest BCUT2D eigenvalue weighted by molar-refractivity contribution is 7.89. The molecule has 1 aromatic carbocycles. The zero-order valence-corrected chi connectivity index (χ0v) is 12.1. The standard InChI is InChI=1S/C13H11ClN2O3S/c1-16(9-11-3-2-6-19-11)20(17,18)13-5-4-10(8-15)7-12(13)14/h2-7H,9H2,1H3. The van der Waals surface area contributed by atoms with Crippen LogP contribution in [0.15, 0.2) is 45.9 Å². The number of hydrogen-bond acceptors (Lipinski definition) is 4. The molecular weight excluding hydrogens is 300 g/mol. The molecular formula is C13H11ClN2O3S. The van der Waals surface area contributed by atoms with Crippen LogP contribution < -0.4 is 0 Å². The van der Waals surface area contributed by atoms with Crippen LogP contribution in [0.5, 0.6) is 0 Å². The smallest absolute Gasteiger partial charge is 0.244 e. The Kier molecular flexibility index (Phi) is 4.14. The van der Waals surface area contributed by atoms with Crippen molar-refractivity contribution in [3.8, 4) is 6.07 Å². The predicted molar refractivity (Wildman–Crippen MR) is 73.5 cm³/mol. The van der Waals surface area contributed by atoms with Gasteiger partial charge >= 0.3 is 0 Å². The average Bonchev–Trinajstić information content (AvgIpc) is 2.91. The van der Waals surface area contributed by atoms with Crippen LogP contribution >= 0.6 is 11.6 Å². The largest absolute Gasteiger partial charge is 0.468 e. The fraction of sp³-hybridized carbons (Fsp3) is 0.154. The first-order valence-electron chi connectivity index (χ1n) is 5.63. The molecule has 0 aliphatic carbocycles. The molecule has 0 aliphatic rings. The maximum Gasteiger partial charge on any atom is 0.244 e. The second kappa shape index (κ2) is 5.67. The van der Waals surface area contributed by atoms with Gasteiger partial charge in [0.05, 0.1) is 29.5 Å². The lowest BCUT2D eigenvalue weighted by atomic mass is 10.2. The second-order valence-corrected chi connectivity index (χ2v) is 6.52. The van der Waals surface area contributed by atoms with Gasteiger partial charge in [0.1, 0.15) is 10.7 Å². The Labute approximate surface area is 122 Å². The van der Waals surface area contributed by atoms with E-state index < -0.39 is 10.0 Å². The monoisotopic (exact) mass is 310 g/mol. The van der Waals surface area contributed by atoms with Crippen molar-refractivity contribution in [2.75, 3.05) is 7.05 Å². The summed E-state index contributed by atoms with van der Waals surface area (Å²) >= 11 is 5.94. The van der Waals surface area contributed by atoms with Gasteiger partial charge in [-0.25, -0.2) is 8.42 Å². The zero-order chi connectivity index (χ0) is 14.8. The molecule has 0 saturated heterocycles. The van der Waals surface area contributed by atoms with Crippen molar-refractivity contribution >= 4 is 21.6 Å². The van der Waals surface area contributed by atoms with Crippen LogP contribution in [-0.4, -0.2) is 19.8 Å². The molecule has 0 amide bonds. The number of nitrogens with zero attached hydrogens (tertiary/aromatic N) is 2. The highest BCUT2D eigenvalue weighted by Crippen LogP contribution is 2.25. The minimum atomic E-state index is -3.74. The number of furan rings is 1. The molecule has 2 rings (SSSR count). The summed E-state index contributed by atoms with van der Waals surface area (Å²) in [6, 6.07) is 9.35. The van der Waals surface area contributed by atoms with Crippen molar-refractivity contribution in [2.24, 2.45) is 0 Å². The molecule has 5 nitrogen and oxygen atoms in total. The van der Waals surface area contributed by atoms with Crippen LogP contribution in [0, 0.1) is 11.3 Å². The Bertz CT molecular complexity index is 748. The third kappa shape index (κ3) is 2.85. The van der Waals surface area contributed by atoms with Crippen LogP contribution in [-0.2, 0) is 16.6 Å². The van der Waals surface area contributed by atoms with Gasteiger partial charge in [-0.3, -0.25) is 0 Å². The molecule has 1 heterocycles. The fourth-order valence-corrected chi connectivity index (χ4v) is 3.31. The molecule has 0 unspecified atom stereocenters. The lowest BCUT2D eigenvalue weighted by Crippen LogP contribution is -2.26. The highest BCUT2D eigenvalue weighted by atomic mass is 35.5. The quantitative estimate of drug-likeness (QED) is 0.870. The SMILES string of the molecule is CN(Cc1ccco1)S(=O)(=O)c1ccc(C#N)cc1Cl. The van der Waals surface area contributed by atoms with Crippen molar-refractivity contribution < 1.29 is 12.8 Å². The van der Waals surface area contributed by atoms with Gasteiger partial charge in [-0.15, -0.1) is 0 Å². The molecule has 0 atom stereocenters. The van der Waals surface area contributed by atoms with Crippen molar-refractivity contribution in [3.63, 3.8) is 0 Å². The molecule has 0 aliphatic heterocycles. The van der Waals surface area contributed by atoms with Crippen molar-refractivity contribution in [1.82, 2.24) is 4.31 Å². The molecule has 1 aromatic heterocycles. The summed E-state index contributed by atoms with van der Waals surface area (Å²) in [4.78, 5) is -0.0350. The van der Waals surface area contributed by atoms with E-state index in [1.807, 2.05) is 6.07 Å². The molecule has 0 fully saturated rings. The van der Waals surface area contributed by atoms with Crippen molar-refractivity contribution in [2.45, 2.75) is 11.4 Å². The van der Waals surface area contributed by atoms with Crippen LogP contribution in [0.3, 0.4) is 0 Å². The Morgan fingerprint density at radius 1 is 1.40 bits per heavy atom. The van der Waals surface area contributed by atoms with E-state index in [1.54, 1.807) is 12.1 Å². The Hall–Kier alpha value is -1.81. The maximum absolute atomic E-state index is 12.4. The summed E-state index contributed by atoms with van der Waals surface area (Å²) < 4.78 is 31.0. The number of hydrogen-bond donors (Lipinski definition) is 0. The van der Waals surface area contributed by atoms with Gasteiger partial charge in [0.15, 0.2) is 0 Å². The number of sulfonamides is 1. The first-order valence-corrected chi connectivity index (χ1v) is 7.45. The van der Waals surface area contributed by atoms with Crippen molar-refractivity contribution in [1.29, 1.82) is 5.26 Å². The van der Waals surface area contributed by atoms with Crippen LogP contribution in [0.4, 0.5) is 0 Å². The van der Waals surface area contributed by atoms with E-state index in [0.29, 0.717) is 11.3 Å². The lowest BCUT2D eigenvalue weighted by Gasteiger charge is -2.16. The van der Waals surface area contributed by atoms with Gasteiger partial charge in [0.25, 0.3) is 0 Å². The molecule has 0 spiro atoms. The molecule has 20 heavy (non-hydrogen) atoms. The number of halogens is 1. The minimum Gasteiger partial charge on any atom is -0.468 e. The number of rotatable bonds is 4. The Morgan fingerprint density at radius 3 is 2.70 bits per heavy atom. The first-order chi connectivity index (χ1) is 9.45. The summed E-state index contributed by atoms with van der Waals surface area (Å²) in [6.07, 6.45) is 1.48. The molecule has 0 bridgehead atoms. The van der Waals surface area contributed by atoms with Gasteiger partial charge in [0, 0.05) is 7.05 Å². The van der Waals surface area contributed by atoms with Crippen LogP contribution in [0.25, 0.3) is 0 Å². The van der Waals surface area contributed by atoms with E-state index in [1.165, 1.54) is 31.5 Å². The van der Waals surface area contributed by atoms with E-state index in [4.69, 9.17) is 21.3 Å². The Balaban J connectivity index is 2.33. The fourth-order valence-electron chi connectivity index (χ4n) is 1.65. The van der Waals surface area contributed by atoms with E-state index in [-0.39, 0.29) is 16.5 Å². The van der Waals surface area contributed by atoms with Crippen molar-refractivity contribution in [3.05, 3.63) is 52.9 Å². The van der Waals surface area contributed by atoms with E-state index in [0.717, 1.165) is 4.31 Å². The van der Waals surface area contributed by atoms with Gasteiger partial charge in [0.2, 0.25) is 10.0 Å². The average molecular weight is 311 g/mol. The summed E-state index contributed by atoms with van der Waals surface area (Å²) in [7, 11) is -2.30. The van der Waals surface area contributed by atoms with Crippen LogP contribution in [0.1, 0.15) is 11.3 Å². The third-order valence-electron chi connectivity index (χ3n) is 2.71. The van der Waals surface area contributed by atoms with Gasteiger partial charge in [-0.05, 0) is 30.3 Å². The van der Waals surface area contributed by atoms with E-state index in [2.05, 4.69) is 0 Å². The summed E-state index contributed by atoms with van der Waals surface area (Å²) in [6.45, 7) is 0.103. The molecule has 7 heteroatoms. The summed E-state index contributed by atoms with van der Waals surface area (Å²) in [5, 5.41) is 8.78. The predicted octanol–water partition coefficient (Wildman–Crippen LogP) is 2.63. The maximum atomic E-state index is 12.4. The molecule has 2 aromatic rings.